The Bertz CT molecular complexity index is 454. The summed E-state index contributed by atoms with van der Waals surface area (Å²) in [4.78, 5) is 24.2. The molecule has 0 aromatic carbocycles. The highest BCUT2D eigenvalue weighted by Crippen LogP contribution is 2.30. The van der Waals surface area contributed by atoms with Crippen molar-refractivity contribution in [2.45, 2.75) is 19.8 Å². The molecular formula is C10H19N3O5S. The lowest BCUT2D eigenvalue weighted by Gasteiger charge is -2.36. The average Bonchev–Trinajstić information content (AvgIpc) is 2.27. The Morgan fingerprint density at radius 1 is 1.37 bits per heavy atom. The third-order valence-corrected chi connectivity index (χ3v) is 4.11. The number of carbonyl (C=O) groups excluding carboxylic acids is 1. The van der Waals surface area contributed by atoms with Crippen LogP contribution in [0.1, 0.15) is 19.8 Å². The van der Waals surface area contributed by atoms with Crippen LogP contribution in [0.5, 0.6) is 0 Å². The van der Waals surface area contributed by atoms with E-state index in [0.717, 1.165) is 0 Å². The summed E-state index contributed by atoms with van der Waals surface area (Å²) in [5, 5.41) is 16.3. The SMILES string of the molecule is CC1(C(=O)O)CCN(C(=O)NCCS(N)(=O)=O)CC1. The highest BCUT2D eigenvalue weighted by atomic mass is 32.2. The number of hydrogen-bond donors (Lipinski definition) is 3. The molecule has 8 nitrogen and oxygen atoms in total. The predicted molar refractivity (Wildman–Crippen MR) is 67.9 cm³/mol. The number of nitrogens with zero attached hydrogens (tertiary/aromatic N) is 1. The van der Waals surface area contributed by atoms with Crippen LogP contribution in [0.2, 0.25) is 0 Å². The quantitative estimate of drug-likeness (QED) is 0.623. The van der Waals surface area contributed by atoms with Crippen LogP contribution < -0.4 is 10.5 Å². The van der Waals surface area contributed by atoms with Crippen LogP contribution in [0.3, 0.4) is 0 Å². The van der Waals surface area contributed by atoms with Gasteiger partial charge >= 0.3 is 12.0 Å². The van der Waals surface area contributed by atoms with Gasteiger partial charge in [-0.1, -0.05) is 0 Å². The molecule has 1 aliphatic rings. The molecule has 0 aromatic heterocycles. The molecule has 2 amide bonds. The fraction of sp³-hybridized carbons (Fsp3) is 0.800. The largest absolute Gasteiger partial charge is 0.481 e. The Morgan fingerprint density at radius 2 is 1.89 bits per heavy atom. The van der Waals surface area contributed by atoms with Crippen molar-refractivity contribution in [3.63, 3.8) is 0 Å². The molecule has 19 heavy (non-hydrogen) atoms. The van der Waals surface area contributed by atoms with Gasteiger partial charge in [0.1, 0.15) is 0 Å². The summed E-state index contributed by atoms with van der Waals surface area (Å²) in [7, 11) is -3.59. The predicted octanol–water partition coefficient (Wildman–Crippen LogP) is -0.829. The van der Waals surface area contributed by atoms with Gasteiger partial charge in [0, 0.05) is 19.6 Å². The van der Waals surface area contributed by atoms with Crippen molar-refractivity contribution in [3.8, 4) is 0 Å². The normalized spacial score (nSPS) is 18.9. The Kier molecular flexibility index (Phi) is 4.75. The van der Waals surface area contributed by atoms with Gasteiger partial charge in [0.15, 0.2) is 0 Å². The second-order valence-corrected chi connectivity index (χ2v) is 6.69. The number of aliphatic carboxylic acids is 1. The van der Waals surface area contributed by atoms with Gasteiger partial charge in [-0.3, -0.25) is 4.79 Å². The van der Waals surface area contributed by atoms with E-state index in [9.17, 15) is 18.0 Å². The first-order valence-corrected chi connectivity index (χ1v) is 7.62. The Morgan fingerprint density at radius 3 is 2.32 bits per heavy atom. The van der Waals surface area contributed by atoms with E-state index in [1.54, 1.807) is 6.92 Å². The molecule has 1 saturated heterocycles. The Labute approximate surface area is 112 Å². The van der Waals surface area contributed by atoms with Crippen molar-refractivity contribution in [3.05, 3.63) is 0 Å². The van der Waals surface area contributed by atoms with Gasteiger partial charge in [-0.2, -0.15) is 0 Å². The Hall–Kier alpha value is -1.35. The van der Waals surface area contributed by atoms with Crippen molar-refractivity contribution < 1.29 is 23.1 Å². The van der Waals surface area contributed by atoms with Gasteiger partial charge < -0.3 is 15.3 Å². The molecule has 0 unspecified atom stereocenters. The first-order chi connectivity index (χ1) is 8.64. The molecule has 1 aliphatic heterocycles. The zero-order valence-electron chi connectivity index (χ0n) is 10.8. The molecule has 1 fully saturated rings. The summed E-state index contributed by atoms with van der Waals surface area (Å²) in [6.45, 7) is 2.28. The summed E-state index contributed by atoms with van der Waals surface area (Å²) in [6, 6.07) is -0.393. The molecule has 1 heterocycles. The molecule has 0 aromatic rings. The van der Waals surface area contributed by atoms with E-state index in [1.807, 2.05) is 0 Å². The van der Waals surface area contributed by atoms with E-state index in [1.165, 1.54) is 4.90 Å². The van der Waals surface area contributed by atoms with Crippen LogP contribution in [-0.4, -0.2) is 55.8 Å². The highest BCUT2D eigenvalue weighted by Gasteiger charge is 2.37. The number of amides is 2. The minimum absolute atomic E-state index is 0.0512. The number of primary sulfonamides is 1. The van der Waals surface area contributed by atoms with E-state index in [0.29, 0.717) is 25.9 Å². The van der Waals surface area contributed by atoms with Crippen molar-refractivity contribution in [2.24, 2.45) is 10.6 Å². The zero-order valence-corrected chi connectivity index (χ0v) is 11.6. The van der Waals surface area contributed by atoms with Crippen LogP contribution >= 0.6 is 0 Å². The smallest absolute Gasteiger partial charge is 0.317 e. The van der Waals surface area contributed by atoms with Gasteiger partial charge in [0.2, 0.25) is 10.0 Å². The van der Waals surface area contributed by atoms with Gasteiger partial charge in [-0.15, -0.1) is 0 Å². The molecule has 0 atom stereocenters. The maximum atomic E-state index is 11.7. The Balaban J connectivity index is 2.39. The third kappa shape index (κ3) is 4.67. The molecule has 0 radical (unpaired) electrons. The van der Waals surface area contributed by atoms with Gasteiger partial charge in [0.05, 0.1) is 11.2 Å². The summed E-state index contributed by atoms with van der Waals surface area (Å²) in [5.74, 6) is -1.18. The lowest BCUT2D eigenvalue weighted by Crippen LogP contribution is -2.49. The fourth-order valence-electron chi connectivity index (χ4n) is 1.83. The van der Waals surface area contributed by atoms with Crippen LogP contribution in [0.25, 0.3) is 0 Å². The summed E-state index contributed by atoms with van der Waals surface area (Å²) in [5.41, 5.74) is -0.794. The van der Waals surface area contributed by atoms with Crippen LogP contribution in [0.4, 0.5) is 4.79 Å². The first-order valence-electron chi connectivity index (χ1n) is 5.91. The van der Waals surface area contributed by atoms with Crippen molar-refractivity contribution in [1.29, 1.82) is 0 Å². The maximum absolute atomic E-state index is 11.7. The number of carbonyl (C=O) groups is 2. The molecule has 0 bridgehead atoms. The minimum atomic E-state index is -3.59. The zero-order chi connectivity index (χ0) is 14.7. The van der Waals surface area contributed by atoms with Crippen molar-refractivity contribution >= 4 is 22.0 Å². The summed E-state index contributed by atoms with van der Waals surface area (Å²) >= 11 is 0. The molecule has 9 heteroatoms. The first kappa shape index (κ1) is 15.7. The molecule has 110 valence electrons. The van der Waals surface area contributed by atoms with Crippen LogP contribution in [0, 0.1) is 5.41 Å². The number of piperidine rings is 1. The molecule has 0 saturated carbocycles. The average molecular weight is 293 g/mol. The van der Waals surface area contributed by atoms with Crippen molar-refractivity contribution in [1.82, 2.24) is 10.2 Å². The van der Waals surface area contributed by atoms with E-state index in [4.69, 9.17) is 10.2 Å². The number of sulfonamides is 1. The van der Waals surface area contributed by atoms with Gasteiger partial charge in [0.25, 0.3) is 0 Å². The number of hydrogen-bond acceptors (Lipinski definition) is 4. The lowest BCUT2D eigenvalue weighted by atomic mass is 9.80. The topological polar surface area (TPSA) is 130 Å². The van der Waals surface area contributed by atoms with E-state index in [-0.39, 0.29) is 12.3 Å². The number of rotatable bonds is 4. The van der Waals surface area contributed by atoms with E-state index in [2.05, 4.69) is 5.32 Å². The number of nitrogens with two attached hydrogens (primary N) is 1. The highest BCUT2D eigenvalue weighted by molar-refractivity contribution is 7.89. The van der Waals surface area contributed by atoms with Crippen molar-refractivity contribution in [2.75, 3.05) is 25.4 Å². The molecule has 4 N–H and O–H groups in total. The monoisotopic (exact) mass is 293 g/mol. The number of likely N-dealkylation sites (tertiary alicyclic amines) is 1. The summed E-state index contributed by atoms with van der Waals surface area (Å²) < 4.78 is 21.4. The standard InChI is InChI=1S/C10H19N3O5S/c1-10(8(14)15)2-5-13(6-3-10)9(16)12-4-7-19(11,17)18/h2-7H2,1H3,(H,12,16)(H,14,15)(H2,11,17,18). The second kappa shape index (κ2) is 5.74. The lowest BCUT2D eigenvalue weighted by molar-refractivity contribution is -0.150. The van der Waals surface area contributed by atoms with Gasteiger partial charge in [-0.25, -0.2) is 18.4 Å². The maximum Gasteiger partial charge on any atom is 0.317 e. The second-order valence-electron chi connectivity index (χ2n) is 4.95. The summed E-state index contributed by atoms with van der Waals surface area (Å²) in [6.07, 6.45) is 0.760. The molecule has 1 rings (SSSR count). The van der Waals surface area contributed by atoms with E-state index < -0.39 is 27.4 Å². The number of nitrogens with one attached hydrogen (secondary N) is 1. The molecule has 0 aliphatic carbocycles. The number of urea groups is 1. The number of carboxylic acid groups (broad SMARTS) is 1. The fourth-order valence-corrected chi connectivity index (χ4v) is 2.22. The number of carboxylic acids is 1. The molecular weight excluding hydrogens is 274 g/mol. The van der Waals surface area contributed by atoms with Crippen LogP contribution in [-0.2, 0) is 14.8 Å². The van der Waals surface area contributed by atoms with E-state index >= 15 is 0 Å². The molecule has 0 spiro atoms. The van der Waals surface area contributed by atoms with Gasteiger partial charge in [-0.05, 0) is 19.8 Å². The van der Waals surface area contributed by atoms with Crippen LogP contribution in [0.15, 0.2) is 0 Å². The third-order valence-electron chi connectivity index (χ3n) is 3.33. The minimum Gasteiger partial charge on any atom is -0.481 e.